The minimum absolute atomic E-state index is 0.121. The fourth-order valence-corrected chi connectivity index (χ4v) is 3.50. The molecule has 1 aliphatic heterocycles. The molecule has 0 spiro atoms. The molecule has 1 atom stereocenters. The van der Waals surface area contributed by atoms with Gasteiger partial charge in [0.1, 0.15) is 12.1 Å². The average molecular weight is 377 g/mol. The second-order valence-electron chi connectivity index (χ2n) is 6.68. The lowest BCUT2D eigenvalue weighted by atomic mass is 10.2. The first-order valence-corrected chi connectivity index (χ1v) is 9.49. The molecule has 1 unspecified atom stereocenters. The number of para-hydroxylation sites is 2. The maximum Gasteiger partial charge on any atom is 0.322 e. The number of nitrogens with one attached hydrogen (secondary N) is 1. The van der Waals surface area contributed by atoms with Crippen molar-refractivity contribution in [3.8, 4) is 17.1 Å². The van der Waals surface area contributed by atoms with Crippen molar-refractivity contribution in [2.45, 2.75) is 19.4 Å². The van der Waals surface area contributed by atoms with Crippen LogP contribution >= 0.6 is 0 Å². The van der Waals surface area contributed by atoms with Crippen molar-refractivity contribution >= 4 is 11.7 Å². The highest BCUT2D eigenvalue weighted by Gasteiger charge is 2.29. The number of ether oxygens (including phenoxy) is 1. The number of aromatic nitrogens is 3. The molecule has 7 heteroatoms. The number of anilines is 1. The molecule has 4 rings (SSSR count). The number of urea groups is 1. The number of carbonyl (C=O) groups is 1. The Morgan fingerprint density at radius 1 is 1.18 bits per heavy atom. The van der Waals surface area contributed by atoms with Gasteiger partial charge in [-0.3, -0.25) is 0 Å². The van der Waals surface area contributed by atoms with Gasteiger partial charge in [-0.25, -0.2) is 4.79 Å². The Morgan fingerprint density at radius 2 is 1.96 bits per heavy atom. The molecule has 28 heavy (non-hydrogen) atoms. The number of amides is 2. The van der Waals surface area contributed by atoms with E-state index in [1.807, 2.05) is 66.4 Å². The lowest BCUT2D eigenvalue weighted by Gasteiger charge is -2.19. The summed E-state index contributed by atoms with van der Waals surface area (Å²) in [5, 5.41) is 11.3. The number of hydrogen-bond donors (Lipinski definition) is 1. The Bertz CT molecular complexity index is 941. The van der Waals surface area contributed by atoms with E-state index in [1.54, 1.807) is 6.33 Å². The number of benzene rings is 2. The lowest BCUT2D eigenvalue weighted by Crippen LogP contribution is -2.33. The number of rotatable bonds is 5. The van der Waals surface area contributed by atoms with Crippen LogP contribution < -0.4 is 10.1 Å². The molecule has 1 aromatic heterocycles. The third kappa shape index (κ3) is 3.69. The van der Waals surface area contributed by atoms with Gasteiger partial charge in [0, 0.05) is 18.7 Å². The van der Waals surface area contributed by atoms with Crippen molar-refractivity contribution in [3.05, 3.63) is 60.9 Å². The minimum Gasteiger partial charge on any atom is -0.492 e. The molecular weight excluding hydrogens is 354 g/mol. The fourth-order valence-electron chi connectivity index (χ4n) is 3.50. The maximum absolute atomic E-state index is 12.8. The first-order chi connectivity index (χ1) is 13.8. The van der Waals surface area contributed by atoms with Crippen LogP contribution in [0, 0.1) is 0 Å². The van der Waals surface area contributed by atoms with Crippen molar-refractivity contribution in [1.82, 2.24) is 19.7 Å². The van der Waals surface area contributed by atoms with Gasteiger partial charge in [-0.05, 0) is 25.5 Å². The van der Waals surface area contributed by atoms with Gasteiger partial charge in [-0.15, -0.1) is 10.2 Å². The van der Waals surface area contributed by atoms with Crippen LogP contribution in [0.4, 0.5) is 10.5 Å². The van der Waals surface area contributed by atoms with Crippen LogP contribution in [0.5, 0.6) is 5.75 Å². The average Bonchev–Trinajstić information content (AvgIpc) is 3.40. The summed E-state index contributed by atoms with van der Waals surface area (Å²) in [6, 6.07) is 17.5. The van der Waals surface area contributed by atoms with E-state index in [0.29, 0.717) is 31.1 Å². The number of carbonyl (C=O) groups excluding carboxylic acids is 1. The summed E-state index contributed by atoms with van der Waals surface area (Å²) in [5.74, 6) is 1.51. The van der Waals surface area contributed by atoms with E-state index < -0.39 is 0 Å². The maximum atomic E-state index is 12.8. The van der Waals surface area contributed by atoms with E-state index in [2.05, 4.69) is 20.1 Å². The molecule has 144 valence electrons. The zero-order valence-corrected chi connectivity index (χ0v) is 15.8. The predicted octanol–water partition coefficient (Wildman–Crippen LogP) is 3.82. The highest BCUT2D eigenvalue weighted by molar-refractivity contribution is 5.91. The molecule has 2 heterocycles. The monoisotopic (exact) mass is 377 g/mol. The first kappa shape index (κ1) is 18.0. The van der Waals surface area contributed by atoms with Crippen LogP contribution in [0.15, 0.2) is 60.9 Å². The lowest BCUT2D eigenvalue weighted by molar-refractivity contribution is 0.220. The summed E-state index contributed by atoms with van der Waals surface area (Å²) < 4.78 is 7.66. The molecule has 0 radical (unpaired) electrons. The fraction of sp³-hybridized carbons (Fsp3) is 0.286. The smallest absolute Gasteiger partial charge is 0.322 e. The van der Waals surface area contributed by atoms with Gasteiger partial charge in [0.2, 0.25) is 0 Å². The molecule has 0 bridgehead atoms. The third-order valence-electron chi connectivity index (χ3n) is 4.88. The number of likely N-dealkylation sites (tertiary alicyclic amines) is 1. The van der Waals surface area contributed by atoms with Crippen LogP contribution in [-0.2, 0) is 0 Å². The number of hydrogen-bond acceptors (Lipinski definition) is 4. The minimum atomic E-state index is -0.121. The highest BCUT2D eigenvalue weighted by Crippen LogP contribution is 2.28. The van der Waals surface area contributed by atoms with Crippen molar-refractivity contribution in [3.63, 3.8) is 0 Å². The van der Waals surface area contributed by atoms with Gasteiger partial charge in [-0.2, -0.15) is 0 Å². The molecule has 1 fully saturated rings. The summed E-state index contributed by atoms with van der Waals surface area (Å²) >= 11 is 0. The van der Waals surface area contributed by atoms with Crippen LogP contribution in [0.2, 0.25) is 0 Å². The van der Waals surface area contributed by atoms with Crippen LogP contribution in [-0.4, -0.2) is 45.4 Å². The Hall–Kier alpha value is -3.35. The summed E-state index contributed by atoms with van der Waals surface area (Å²) in [6.07, 6.45) is 2.61. The summed E-state index contributed by atoms with van der Waals surface area (Å²) in [5.41, 5.74) is 1.71. The van der Waals surface area contributed by atoms with Gasteiger partial charge in [-0.1, -0.05) is 42.5 Å². The summed E-state index contributed by atoms with van der Waals surface area (Å²) in [7, 11) is 0. The molecule has 0 saturated carbocycles. The van der Waals surface area contributed by atoms with Gasteiger partial charge in [0.05, 0.1) is 18.3 Å². The van der Waals surface area contributed by atoms with E-state index in [9.17, 15) is 4.79 Å². The van der Waals surface area contributed by atoms with E-state index in [1.165, 1.54) is 0 Å². The topological polar surface area (TPSA) is 72.3 Å². The Kier molecular flexibility index (Phi) is 5.23. The van der Waals surface area contributed by atoms with Crippen LogP contribution in [0.1, 0.15) is 19.4 Å². The zero-order chi connectivity index (χ0) is 19.3. The van der Waals surface area contributed by atoms with E-state index in [0.717, 1.165) is 17.8 Å². The van der Waals surface area contributed by atoms with Gasteiger partial charge in [0.25, 0.3) is 0 Å². The first-order valence-electron chi connectivity index (χ1n) is 9.49. The highest BCUT2D eigenvalue weighted by atomic mass is 16.5. The van der Waals surface area contributed by atoms with Crippen molar-refractivity contribution < 1.29 is 9.53 Å². The van der Waals surface area contributed by atoms with Crippen LogP contribution in [0.3, 0.4) is 0 Å². The normalized spacial score (nSPS) is 16.2. The molecule has 7 nitrogen and oxygen atoms in total. The summed E-state index contributed by atoms with van der Waals surface area (Å²) in [6.45, 7) is 3.77. The third-order valence-corrected chi connectivity index (χ3v) is 4.88. The zero-order valence-electron chi connectivity index (χ0n) is 15.8. The molecule has 1 saturated heterocycles. The predicted molar refractivity (Wildman–Crippen MR) is 107 cm³/mol. The van der Waals surface area contributed by atoms with Gasteiger partial charge < -0.3 is 19.5 Å². The Labute approximate surface area is 164 Å². The van der Waals surface area contributed by atoms with Gasteiger partial charge in [0.15, 0.2) is 5.82 Å². The molecule has 1 aliphatic rings. The van der Waals surface area contributed by atoms with E-state index in [-0.39, 0.29) is 12.1 Å². The van der Waals surface area contributed by atoms with Gasteiger partial charge >= 0.3 is 6.03 Å². The quantitative estimate of drug-likeness (QED) is 0.734. The molecule has 0 aliphatic carbocycles. The van der Waals surface area contributed by atoms with Crippen molar-refractivity contribution in [2.24, 2.45) is 0 Å². The van der Waals surface area contributed by atoms with Crippen molar-refractivity contribution in [1.29, 1.82) is 0 Å². The molecule has 1 N–H and O–H groups in total. The Morgan fingerprint density at radius 3 is 2.79 bits per heavy atom. The van der Waals surface area contributed by atoms with Crippen molar-refractivity contribution in [2.75, 3.05) is 25.0 Å². The number of nitrogens with zero attached hydrogens (tertiary/aromatic N) is 4. The summed E-state index contributed by atoms with van der Waals surface area (Å²) in [4.78, 5) is 14.6. The molecule has 2 aromatic carbocycles. The standard InChI is InChI=1S/C21H23N5O2/c1-2-28-19-11-7-6-10-18(19)23-21(27)25-13-12-17(14-25)26-15-22-24-20(26)16-8-4-3-5-9-16/h3-11,15,17H,2,12-14H2,1H3,(H,23,27). The largest absolute Gasteiger partial charge is 0.492 e. The Balaban J connectivity index is 1.45. The van der Waals surface area contributed by atoms with E-state index >= 15 is 0 Å². The van der Waals surface area contributed by atoms with Crippen LogP contribution in [0.25, 0.3) is 11.4 Å². The SMILES string of the molecule is CCOc1ccccc1NC(=O)N1CCC(n2cnnc2-c2ccccc2)C1. The second kappa shape index (κ2) is 8.12. The van der Waals surface area contributed by atoms with E-state index in [4.69, 9.17) is 4.74 Å². The second-order valence-corrected chi connectivity index (χ2v) is 6.68. The molecular formula is C21H23N5O2. The molecule has 2 amide bonds. The molecule has 3 aromatic rings.